The SMILES string of the molecule is CCCCCCCCCC(=O)OC[C@H](COP(=O)([O-])OCC[N+](C)(C)C)OC(=S)CCCCCCCC. The number of unbranched alkanes of at least 4 members (excludes halogenated alkanes) is 11. The molecule has 0 aliphatic carbocycles. The van der Waals surface area contributed by atoms with Crippen LogP contribution in [0.2, 0.25) is 0 Å². The molecule has 0 bridgehead atoms. The first-order chi connectivity index (χ1) is 17.5. The number of thiocarbonyl (C=S) groups is 1. The minimum Gasteiger partial charge on any atom is -0.756 e. The van der Waals surface area contributed by atoms with E-state index in [1.807, 2.05) is 21.1 Å². The third-order valence-electron chi connectivity index (χ3n) is 5.88. The van der Waals surface area contributed by atoms with Gasteiger partial charge in [0.2, 0.25) is 0 Å². The first kappa shape index (κ1) is 36.4. The summed E-state index contributed by atoms with van der Waals surface area (Å²) in [6.07, 6.45) is 14.7. The molecule has 0 aromatic rings. The molecule has 0 aliphatic rings. The van der Waals surface area contributed by atoms with Crippen LogP contribution in [0, 0.1) is 0 Å². The number of phosphoric ester groups is 1. The average molecular weight is 568 g/mol. The van der Waals surface area contributed by atoms with Gasteiger partial charge >= 0.3 is 5.97 Å². The number of likely N-dealkylation sites (N-methyl/N-ethyl adjacent to an activating group) is 1. The van der Waals surface area contributed by atoms with Crippen LogP contribution in [0.1, 0.15) is 110 Å². The molecule has 1 unspecified atom stereocenters. The molecular weight excluding hydrogens is 513 g/mol. The number of phosphoric acid groups is 1. The average Bonchev–Trinajstić information content (AvgIpc) is 2.81. The second kappa shape index (κ2) is 22.3. The number of esters is 1. The maximum Gasteiger partial charge on any atom is 0.305 e. The quantitative estimate of drug-likeness (QED) is 0.0415. The molecule has 0 radical (unpaired) electrons. The number of hydrogen-bond donors (Lipinski definition) is 0. The van der Waals surface area contributed by atoms with Gasteiger partial charge in [-0.2, -0.15) is 0 Å². The van der Waals surface area contributed by atoms with Crippen LogP contribution in [-0.2, 0) is 27.9 Å². The lowest BCUT2D eigenvalue weighted by Gasteiger charge is -2.28. The Balaban J connectivity index is 4.58. The number of quaternary nitrogens is 1. The molecule has 10 heteroatoms. The highest BCUT2D eigenvalue weighted by atomic mass is 32.1. The molecule has 0 spiro atoms. The summed E-state index contributed by atoms with van der Waals surface area (Å²) in [4.78, 5) is 24.4. The number of nitrogens with zero attached hydrogens (tertiary/aromatic N) is 1. The van der Waals surface area contributed by atoms with Crippen molar-refractivity contribution in [2.45, 2.75) is 116 Å². The zero-order valence-electron chi connectivity index (χ0n) is 24.2. The Kier molecular flexibility index (Phi) is 21.9. The van der Waals surface area contributed by atoms with E-state index in [0.29, 0.717) is 28.9 Å². The van der Waals surface area contributed by atoms with E-state index in [4.69, 9.17) is 30.7 Å². The fourth-order valence-electron chi connectivity index (χ4n) is 3.53. The molecule has 0 aliphatic heterocycles. The maximum absolute atomic E-state index is 12.2. The van der Waals surface area contributed by atoms with Crippen molar-refractivity contribution >= 4 is 31.1 Å². The van der Waals surface area contributed by atoms with Crippen molar-refractivity contribution in [1.82, 2.24) is 0 Å². The summed E-state index contributed by atoms with van der Waals surface area (Å²) in [6.45, 7) is 4.45. The number of carbonyl (C=O) groups is 1. The first-order valence-corrected chi connectivity index (χ1v) is 16.1. The van der Waals surface area contributed by atoms with Gasteiger partial charge in [-0.05, 0) is 25.1 Å². The predicted molar refractivity (Wildman–Crippen MR) is 151 cm³/mol. The Morgan fingerprint density at radius 3 is 1.86 bits per heavy atom. The van der Waals surface area contributed by atoms with Crippen LogP contribution in [-0.4, -0.2) is 69.1 Å². The van der Waals surface area contributed by atoms with Crippen molar-refractivity contribution in [2.75, 3.05) is 47.5 Å². The molecule has 37 heavy (non-hydrogen) atoms. The van der Waals surface area contributed by atoms with Gasteiger partial charge in [-0.15, -0.1) is 0 Å². The summed E-state index contributed by atoms with van der Waals surface area (Å²) in [5.74, 6) is -0.325. The van der Waals surface area contributed by atoms with Crippen LogP contribution >= 0.6 is 20.0 Å². The standard InChI is InChI=1S/C27H54NO7PS/c1-6-8-10-12-14-15-17-19-26(29)32-23-25(35-27(37)20-18-16-13-11-9-7-2)24-34-36(30,31)33-22-21-28(3,4)5/h25H,6-24H2,1-5H3/t25-/m1/s1. The minimum absolute atomic E-state index is 0.0136. The fourth-order valence-corrected chi connectivity index (χ4v) is 4.54. The van der Waals surface area contributed by atoms with Gasteiger partial charge in [0.15, 0.2) is 11.2 Å². The van der Waals surface area contributed by atoms with Crippen LogP contribution in [0.25, 0.3) is 0 Å². The third-order valence-corrected chi connectivity index (χ3v) is 7.14. The lowest BCUT2D eigenvalue weighted by atomic mass is 10.1. The molecular formula is C27H54NO7PS. The molecule has 0 N–H and O–H groups in total. The van der Waals surface area contributed by atoms with Gasteiger partial charge in [-0.1, -0.05) is 84.5 Å². The Labute approximate surface area is 232 Å². The van der Waals surface area contributed by atoms with E-state index < -0.39 is 13.9 Å². The van der Waals surface area contributed by atoms with Crippen molar-refractivity contribution in [2.24, 2.45) is 0 Å². The maximum atomic E-state index is 12.2. The second-order valence-electron chi connectivity index (χ2n) is 10.8. The number of carbonyl (C=O) groups excluding carboxylic acids is 1. The van der Waals surface area contributed by atoms with E-state index >= 15 is 0 Å². The molecule has 0 aromatic heterocycles. The molecule has 0 saturated carbocycles. The predicted octanol–water partition coefficient (Wildman–Crippen LogP) is 6.34. The van der Waals surface area contributed by atoms with E-state index in [1.54, 1.807) is 0 Å². The summed E-state index contributed by atoms with van der Waals surface area (Å²) in [7, 11) is 1.30. The Bertz CT molecular complexity index is 643. The highest BCUT2D eigenvalue weighted by molar-refractivity contribution is 7.80. The van der Waals surface area contributed by atoms with Crippen molar-refractivity contribution in [3.8, 4) is 0 Å². The van der Waals surface area contributed by atoms with Crippen LogP contribution in [0.15, 0.2) is 0 Å². The van der Waals surface area contributed by atoms with Crippen LogP contribution in [0.3, 0.4) is 0 Å². The minimum atomic E-state index is -4.52. The summed E-state index contributed by atoms with van der Waals surface area (Å²) in [6, 6.07) is 0. The zero-order chi connectivity index (χ0) is 28.0. The van der Waals surface area contributed by atoms with E-state index in [0.717, 1.165) is 38.5 Å². The van der Waals surface area contributed by atoms with Crippen molar-refractivity contribution in [1.29, 1.82) is 0 Å². The normalized spacial score (nSPS) is 14.2. The van der Waals surface area contributed by atoms with Gasteiger partial charge in [0.1, 0.15) is 19.8 Å². The molecule has 0 rings (SSSR count). The molecule has 0 fully saturated rings. The number of ether oxygens (including phenoxy) is 2. The first-order valence-electron chi connectivity index (χ1n) is 14.2. The summed E-state index contributed by atoms with van der Waals surface area (Å²) < 4.78 is 33.9. The molecule has 0 amide bonds. The van der Waals surface area contributed by atoms with Gasteiger partial charge in [-0.25, -0.2) is 0 Å². The number of rotatable bonds is 25. The van der Waals surface area contributed by atoms with Crippen LogP contribution < -0.4 is 4.89 Å². The van der Waals surface area contributed by atoms with Crippen molar-refractivity contribution < 1.29 is 37.3 Å². The Hall–Kier alpha value is -0.570. The molecule has 0 heterocycles. The van der Waals surface area contributed by atoms with Gasteiger partial charge in [0.05, 0.1) is 27.7 Å². The monoisotopic (exact) mass is 567 g/mol. The lowest BCUT2D eigenvalue weighted by Crippen LogP contribution is -2.37. The lowest BCUT2D eigenvalue weighted by molar-refractivity contribution is -0.870. The van der Waals surface area contributed by atoms with Gasteiger partial charge in [0, 0.05) is 12.8 Å². The molecule has 0 saturated heterocycles. The Morgan fingerprint density at radius 2 is 1.32 bits per heavy atom. The van der Waals surface area contributed by atoms with E-state index in [9.17, 15) is 14.3 Å². The van der Waals surface area contributed by atoms with Crippen LogP contribution in [0.4, 0.5) is 0 Å². The molecule has 8 nitrogen and oxygen atoms in total. The zero-order valence-corrected chi connectivity index (χ0v) is 25.9. The number of hydrogen-bond acceptors (Lipinski definition) is 8. The van der Waals surface area contributed by atoms with E-state index in [2.05, 4.69) is 13.8 Å². The fraction of sp³-hybridized carbons (Fsp3) is 0.926. The van der Waals surface area contributed by atoms with Crippen LogP contribution in [0.5, 0.6) is 0 Å². The van der Waals surface area contributed by atoms with Crippen molar-refractivity contribution in [3.05, 3.63) is 0 Å². The molecule has 220 valence electrons. The Morgan fingerprint density at radius 1 is 0.811 bits per heavy atom. The molecule has 0 aromatic carbocycles. The molecule has 2 atom stereocenters. The largest absolute Gasteiger partial charge is 0.756 e. The summed E-state index contributed by atoms with van der Waals surface area (Å²) in [5.41, 5.74) is 0. The van der Waals surface area contributed by atoms with E-state index in [1.165, 1.54) is 44.9 Å². The van der Waals surface area contributed by atoms with Gasteiger partial charge in [-0.3, -0.25) is 9.36 Å². The summed E-state index contributed by atoms with van der Waals surface area (Å²) >= 11 is 5.36. The van der Waals surface area contributed by atoms with E-state index in [-0.39, 0.29) is 25.8 Å². The van der Waals surface area contributed by atoms with Crippen molar-refractivity contribution in [3.63, 3.8) is 0 Å². The third kappa shape index (κ3) is 25.5. The highest BCUT2D eigenvalue weighted by Gasteiger charge is 2.20. The highest BCUT2D eigenvalue weighted by Crippen LogP contribution is 2.38. The second-order valence-corrected chi connectivity index (χ2v) is 12.6. The van der Waals surface area contributed by atoms with Gasteiger partial charge < -0.3 is 27.9 Å². The van der Waals surface area contributed by atoms with Gasteiger partial charge in [0.25, 0.3) is 7.82 Å². The smallest absolute Gasteiger partial charge is 0.305 e. The topological polar surface area (TPSA) is 94.1 Å². The summed E-state index contributed by atoms with van der Waals surface area (Å²) in [5, 5.41) is 0.374.